The van der Waals surface area contributed by atoms with Crippen LogP contribution in [0.5, 0.6) is 0 Å². The van der Waals surface area contributed by atoms with Gasteiger partial charge in [-0.2, -0.15) is 0 Å². The molecule has 0 bridgehead atoms. The number of rotatable bonds is 2. The first-order chi connectivity index (χ1) is 8.09. The van der Waals surface area contributed by atoms with Crippen LogP contribution in [0.1, 0.15) is 48.4 Å². The number of allylic oxidation sites excluding steroid dienone is 1. The van der Waals surface area contributed by atoms with Crippen LogP contribution in [-0.4, -0.2) is 0 Å². The highest BCUT2D eigenvalue weighted by molar-refractivity contribution is 9.10. The smallest absolute Gasteiger partial charge is 0.0511 e. The molecule has 0 saturated heterocycles. The Balaban J connectivity index is 2.30. The van der Waals surface area contributed by atoms with Crippen LogP contribution in [0.15, 0.2) is 28.3 Å². The molecule has 1 unspecified atom stereocenters. The third-order valence-electron chi connectivity index (χ3n) is 3.54. The van der Waals surface area contributed by atoms with Crippen LogP contribution in [0.2, 0.25) is 0 Å². The van der Waals surface area contributed by atoms with Crippen molar-refractivity contribution in [3.8, 4) is 0 Å². The maximum absolute atomic E-state index is 6.37. The van der Waals surface area contributed by atoms with Gasteiger partial charge in [-0.1, -0.05) is 39.7 Å². The molecule has 0 spiro atoms. The average molecular weight is 294 g/mol. The number of nitrogens with two attached hydrogens (primary N) is 1. The van der Waals surface area contributed by atoms with Crippen LogP contribution in [0.3, 0.4) is 0 Å². The van der Waals surface area contributed by atoms with E-state index in [0.717, 1.165) is 6.42 Å². The molecular weight excluding hydrogens is 274 g/mol. The van der Waals surface area contributed by atoms with Gasteiger partial charge in [-0.15, -0.1) is 0 Å². The van der Waals surface area contributed by atoms with Crippen LogP contribution < -0.4 is 5.73 Å². The molecule has 0 saturated carbocycles. The second kappa shape index (κ2) is 5.36. The fourth-order valence-electron chi connectivity index (χ4n) is 2.52. The minimum absolute atomic E-state index is 0.0841. The van der Waals surface area contributed by atoms with E-state index < -0.39 is 0 Å². The molecule has 2 N–H and O–H groups in total. The molecule has 0 amide bonds. The van der Waals surface area contributed by atoms with Gasteiger partial charge in [-0.3, -0.25) is 0 Å². The standard InChI is InChI=1S/C15H20BrN/c1-10-8-13(9-11(2)14(10)16)15(17)12-6-4-3-5-7-12/h6,8-9,15H,3-5,7,17H2,1-2H3. The van der Waals surface area contributed by atoms with E-state index in [4.69, 9.17) is 5.73 Å². The predicted molar refractivity (Wildman–Crippen MR) is 77.1 cm³/mol. The second-order valence-electron chi connectivity index (χ2n) is 4.97. The van der Waals surface area contributed by atoms with Gasteiger partial charge in [-0.05, 0) is 56.2 Å². The molecule has 1 aromatic rings. The Morgan fingerprint density at radius 1 is 1.18 bits per heavy atom. The summed E-state index contributed by atoms with van der Waals surface area (Å²) in [6, 6.07) is 4.50. The van der Waals surface area contributed by atoms with Crippen LogP contribution in [0, 0.1) is 13.8 Å². The summed E-state index contributed by atoms with van der Waals surface area (Å²) in [5.41, 5.74) is 11.6. The van der Waals surface area contributed by atoms with Crippen LogP contribution in [0.4, 0.5) is 0 Å². The van der Waals surface area contributed by atoms with E-state index >= 15 is 0 Å². The largest absolute Gasteiger partial charge is 0.321 e. The van der Waals surface area contributed by atoms with Crippen molar-refractivity contribution in [2.24, 2.45) is 5.73 Å². The van der Waals surface area contributed by atoms with E-state index in [0.29, 0.717) is 0 Å². The van der Waals surface area contributed by atoms with Crippen molar-refractivity contribution in [2.75, 3.05) is 0 Å². The molecule has 1 nitrogen and oxygen atoms in total. The molecule has 1 aromatic carbocycles. The summed E-state index contributed by atoms with van der Waals surface area (Å²) in [5, 5.41) is 0. The monoisotopic (exact) mass is 293 g/mol. The van der Waals surface area contributed by atoms with E-state index in [-0.39, 0.29) is 6.04 Å². The zero-order valence-corrected chi connectivity index (χ0v) is 12.2. The summed E-state index contributed by atoms with van der Waals surface area (Å²) in [5.74, 6) is 0. The third kappa shape index (κ3) is 2.80. The lowest BCUT2D eigenvalue weighted by molar-refractivity contribution is 0.648. The Labute approximate surface area is 112 Å². The van der Waals surface area contributed by atoms with Crippen molar-refractivity contribution in [3.63, 3.8) is 0 Å². The molecule has 92 valence electrons. The SMILES string of the molecule is Cc1cc(C(N)C2=CCCCC2)cc(C)c1Br. The first-order valence-electron chi connectivity index (χ1n) is 6.30. The lowest BCUT2D eigenvalue weighted by Crippen LogP contribution is -2.15. The molecule has 1 atom stereocenters. The first kappa shape index (κ1) is 12.8. The second-order valence-corrected chi connectivity index (χ2v) is 5.76. The lowest BCUT2D eigenvalue weighted by atomic mass is 9.89. The van der Waals surface area contributed by atoms with Gasteiger partial charge in [0.15, 0.2) is 0 Å². The lowest BCUT2D eigenvalue weighted by Gasteiger charge is -2.21. The van der Waals surface area contributed by atoms with E-state index in [1.165, 1.54) is 46.0 Å². The highest BCUT2D eigenvalue weighted by Gasteiger charge is 2.15. The zero-order valence-electron chi connectivity index (χ0n) is 10.6. The molecule has 0 aromatic heterocycles. The highest BCUT2D eigenvalue weighted by Crippen LogP contribution is 2.31. The summed E-state index contributed by atoms with van der Waals surface area (Å²) < 4.78 is 1.20. The van der Waals surface area contributed by atoms with Gasteiger partial charge in [0.05, 0.1) is 6.04 Å². The third-order valence-corrected chi connectivity index (χ3v) is 4.79. The zero-order chi connectivity index (χ0) is 12.4. The molecule has 2 heteroatoms. The van der Waals surface area contributed by atoms with Crippen LogP contribution in [-0.2, 0) is 0 Å². The number of halogens is 1. The normalized spacial score (nSPS) is 17.8. The molecule has 0 heterocycles. The molecule has 1 aliphatic rings. The van der Waals surface area contributed by atoms with E-state index in [1.54, 1.807) is 0 Å². The Kier molecular flexibility index (Phi) is 4.05. The van der Waals surface area contributed by atoms with Gasteiger partial charge in [0, 0.05) is 4.47 Å². The van der Waals surface area contributed by atoms with Gasteiger partial charge < -0.3 is 5.73 Å². The summed E-state index contributed by atoms with van der Waals surface area (Å²) in [4.78, 5) is 0. The average Bonchev–Trinajstić information content (AvgIpc) is 2.35. The summed E-state index contributed by atoms with van der Waals surface area (Å²) >= 11 is 3.60. The van der Waals surface area contributed by atoms with Crippen molar-refractivity contribution < 1.29 is 0 Å². The first-order valence-corrected chi connectivity index (χ1v) is 7.10. The Hall–Kier alpha value is -0.600. The van der Waals surface area contributed by atoms with Gasteiger partial charge in [0.25, 0.3) is 0 Å². The van der Waals surface area contributed by atoms with E-state index in [1.807, 2.05) is 0 Å². The molecule has 0 fully saturated rings. The van der Waals surface area contributed by atoms with Crippen molar-refractivity contribution >= 4 is 15.9 Å². The molecule has 17 heavy (non-hydrogen) atoms. The number of hydrogen-bond donors (Lipinski definition) is 1. The van der Waals surface area contributed by atoms with Gasteiger partial charge in [0.2, 0.25) is 0 Å². The molecule has 2 rings (SSSR count). The van der Waals surface area contributed by atoms with Crippen molar-refractivity contribution in [3.05, 3.63) is 44.9 Å². The highest BCUT2D eigenvalue weighted by atomic mass is 79.9. The fraction of sp³-hybridized carbons (Fsp3) is 0.467. The van der Waals surface area contributed by atoms with Gasteiger partial charge in [-0.25, -0.2) is 0 Å². The molecule has 0 aliphatic heterocycles. The van der Waals surface area contributed by atoms with Gasteiger partial charge in [0.1, 0.15) is 0 Å². The van der Waals surface area contributed by atoms with Crippen LogP contribution in [0.25, 0.3) is 0 Å². The Morgan fingerprint density at radius 2 is 1.82 bits per heavy atom. The Morgan fingerprint density at radius 3 is 2.35 bits per heavy atom. The van der Waals surface area contributed by atoms with E-state index in [2.05, 4.69) is 48.0 Å². The quantitative estimate of drug-likeness (QED) is 0.795. The summed E-state index contributed by atoms with van der Waals surface area (Å²) in [7, 11) is 0. The van der Waals surface area contributed by atoms with Crippen molar-refractivity contribution in [1.82, 2.24) is 0 Å². The topological polar surface area (TPSA) is 26.0 Å². The van der Waals surface area contributed by atoms with Crippen LogP contribution >= 0.6 is 15.9 Å². The van der Waals surface area contributed by atoms with Crippen molar-refractivity contribution in [2.45, 2.75) is 45.6 Å². The number of hydrogen-bond acceptors (Lipinski definition) is 1. The maximum atomic E-state index is 6.37. The Bertz CT molecular complexity index is 425. The number of benzene rings is 1. The molecular formula is C15H20BrN. The van der Waals surface area contributed by atoms with Crippen molar-refractivity contribution in [1.29, 1.82) is 0 Å². The maximum Gasteiger partial charge on any atom is 0.0511 e. The minimum Gasteiger partial charge on any atom is -0.321 e. The fourth-order valence-corrected chi connectivity index (χ4v) is 2.75. The predicted octanol–water partition coefficient (Wildman–Crippen LogP) is 4.57. The molecule has 1 aliphatic carbocycles. The number of aryl methyl sites for hydroxylation is 2. The summed E-state index contributed by atoms with van der Waals surface area (Å²) in [6.45, 7) is 4.26. The van der Waals surface area contributed by atoms with Gasteiger partial charge >= 0.3 is 0 Å². The summed E-state index contributed by atoms with van der Waals surface area (Å²) in [6.07, 6.45) is 7.29. The minimum atomic E-state index is 0.0841. The molecule has 0 radical (unpaired) electrons. The van der Waals surface area contributed by atoms with E-state index in [9.17, 15) is 0 Å².